The molecule has 1 heterocycles. The van der Waals surface area contributed by atoms with Gasteiger partial charge in [-0.3, -0.25) is 4.79 Å². The van der Waals surface area contributed by atoms with Gasteiger partial charge in [0.1, 0.15) is 5.58 Å². The minimum absolute atomic E-state index is 0.252. The monoisotopic (exact) mass is 310 g/mol. The SMILES string of the molecule is Cc1c(C(=O)Nc2ccc(C#N)cc2)oc2ccc(Cl)cc12. The molecule has 22 heavy (non-hydrogen) atoms. The van der Waals surface area contributed by atoms with Gasteiger partial charge in [-0.1, -0.05) is 11.6 Å². The Kier molecular flexibility index (Phi) is 3.58. The second-order valence-electron chi connectivity index (χ2n) is 4.84. The first-order valence-corrected chi connectivity index (χ1v) is 6.96. The molecule has 0 aliphatic carbocycles. The highest BCUT2D eigenvalue weighted by Gasteiger charge is 2.18. The lowest BCUT2D eigenvalue weighted by molar-refractivity contribution is 0.0998. The first kappa shape index (κ1) is 14.2. The summed E-state index contributed by atoms with van der Waals surface area (Å²) in [6, 6.07) is 13.9. The molecule has 0 saturated carbocycles. The highest BCUT2D eigenvalue weighted by atomic mass is 35.5. The molecule has 3 rings (SSSR count). The van der Waals surface area contributed by atoms with Gasteiger partial charge < -0.3 is 9.73 Å². The summed E-state index contributed by atoms with van der Waals surface area (Å²) in [4.78, 5) is 12.3. The Morgan fingerprint density at radius 3 is 2.64 bits per heavy atom. The van der Waals surface area contributed by atoms with E-state index >= 15 is 0 Å². The number of aryl methyl sites for hydroxylation is 1. The second-order valence-corrected chi connectivity index (χ2v) is 5.28. The van der Waals surface area contributed by atoms with Gasteiger partial charge in [0.2, 0.25) is 0 Å². The predicted molar refractivity (Wildman–Crippen MR) is 85.1 cm³/mol. The minimum Gasteiger partial charge on any atom is -0.451 e. The Hall–Kier alpha value is -2.77. The summed E-state index contributed by atoms with van der Waals surface area (Å²) < 4.78 is 5.61. The number of anilines is 1. The zero-order valence-corrected chi connectivity index (χ0v) is 12.4. The van der Waals surface area contributed by atoms with Crippen molar-refractivity contribution < 1.29 is 9.21 Å². The van der Waals surface area contributed by atoms with Crippen molar-refractivity contribution in [2.24, 2.45) is 0 Å². The van der Waals surface area contributed by atoms with Gasteiger partial charge in [0.15, 0.2) is 5.76 Å². The molecule has 0 atom stereocenters. The van der Waals surface area contributed by atoms with Crippen LogP contribution in [0.4, 0.5) is 5.69 Å². The number of carbonyl (C=O) groups excluding carboxylic acids is 1. The summed E-state index contributed by atoms with van der Waals surface area (Å²) >= 11 is 5.97. The van der Waals surface area contributed by atoms with Crippen LogP contribution in [0.2, 0.25) is 5.02 Å². The van der Waals surface area contributed by atoms with E-state index in [2.05, 4.69) is 5.32 Å². The Balaban J connectivity index is 1.91. The summed E-state index contributed by atoms with van der Waals surface area (Å²) in [5, 5.41) is 12.9. The number of rotatable bonds is 2. The number of halogens is 1. The highest BCUT2D eigenvalue weighted by Crippen LogP contribution is 2.28. The molecule has 0 unspecified atom stereocenters. The van der Waals surface area contributed by atoms with Crippen molar-refractivity contribution in [1.29, 1.82) is 5.26 Å². The maximum atomic E-state index is 12.3. The standard InChI is InChI=1S/C17H11ClN2O2/c1-10-14-8-12(18)4-7-15(14)22-16(10)17(21)20-13-5-2-11(9-19)3-6-13/h2-8H,1H3,(H,20,21). The molecule has 0 fully saturated rings. The van der Waals surface area contributed by atoms with Crippen molar-refractivity contribution in [2.75, 3.05) is 5.32 Å². The predicted octanol–water partition coefficient (Wildman–Crippen LogP) is 4.52. The third-order valence-corrected chi connectivity index (χ3v) is 3.61. The van der Waals surface area contributed by atoms with E-state index in [9.17, 15) is 4.79 Å². The van der Waals surface area contributed by atoms with Crippen molar-refractivity contribution in [2.45, 2.75) is 6.92 Å². The largest absolute Gasteiger partial charge is 0.451 e. The Bertz CT molecular complexity index is 905. The molecular formula is C17H11ClN2O2. The number of fused-ring (bicyclic) bond motifs is 1. The Labute approximate surface area is 131 Å². The maximum Gasteiger partial charge on any atom is 0.291 e. The second kappa shape index (κ2) is 5.55. The molecule has 3 aromatic rings. The number of nitrogens with one attached hydrogen (secondary N) is 1. The number of hydrogen-bond acceptors (Lipinski definition) is 3. The fourth-order valence-electron chi connectivity index (χ4n) is 2.23. The number of amides is 1. The van der Waals surface area contributed by atoms with E-state index in [4.69, 9.17) is 21.3 Å². The van der Waals surface area contributed by atoms with Gasteiger partial charge in [-0.25, -0.2) is 0 Å². The molecule has 108 valence electrons. The molecule has 1 N–H and O–H groups in total. The molecule has 0 bridgehead atoms. The Morgan fingerprint density at radius 2 is 1.95 bits per heavy atom. The molecule has 4 nitrogen and oxygen atoms in total. The molecule has 0 aliphatic heterocycles. The average molecular weight is 311 g/mol. The minimum atomic E-state index is -0.338. The van der Waals surface area contributed by atoms with E-state index in [1.54, 1.807) is 42.5 Å². The normalized spacial score (nSPS) is 10.4. The maximum absolute atomic E-state index is 12.3. The third-order valence-electron chi connectivity index (χ3n) is 3.38. The van der Waals surface area contributed by atoms with Crippen molar-refractivity contribution in [3.05, 3.63) is 64.4 Å². The molecule has 2 aromatic carbocycles. The van der Waals surface area contributed by atoms with Crippen molar-refractivity contribution in [1.82, 2.24) is 0 Å². The first-order chi connectivity index (χ1) is 10.6. The fourth-order valence-corrected chi connectivity index (χ4v) is 2.40. The van der Waals surface area contributed by atoms with E-state index in [1.807, 2.05) is 13.0 Å². The zero-order chi connectivity index (χ0) is 15.7. The van der Waals surface area contributed by atoms with Crippen molar-refractivity contribution >= 4 is 34.2 Å². The van der Waals surface area contributed by atoms with Gasteiger partial charge in [0.05, 0.1) is 11.6 Å². The number of furan rings is 1. The topological polar surface area (TPSA) is 66.0 Å². The zero-order valence-electron chi connectivity index (χ0n) is 11.7. The van der Waals surface area contributed by atoms with Crippen LogP contribution >= 0.6 is 11.6 Å². The lowest BCUT2D eigenvalue weighted by Gasteiger charge is -2.03. The van der Waals surface area contributed by atoms with E-state index < -0.39 is 0 Å². The van der Waals surface area contributed by atoms with Crippen LogP contribution < -0.4 is 5.32 Å². The average Bonchev–Trinajstić information content (AvgIpc) is 2.85. The van der Waals surface area contributed by atoms with Crippen molar-refractivity contribution in [3.63, 3.8) is 0 Å². The van der Waals surface area contributed by atoms with E-state index in [-0.39, 0.29) is 11.7 Å². The molecule has 0 radical (unpaired) electrons. The fraction of sp³-hybridized carbons (Fsp3) is 0.0588. The van der Waals surface area contributed by atoms with Crippen LogP contribution in [0.25, 0.3) is 11.0 Å². The molecular weight excluding hydrogens is 300 g/mol. The molecule has 0 aliphatic rings. The highest BCUT2D eigenvalue weighted by molar-refractivity contribution is 6.31. The van der Waals surface area contributed by atoms with Crippen LogP contribution in [-0.4, -0.2) is 5.91 Å². The lowest BCUT2D eigenvalue weighted by Crippen LogP contribution is -2.12. The first-order valence-electron chi connectivity index (χ1n) is 6.58. The summed E-state index contributed by atoms with van der Waals surface area (Å²) in [7, 11) is 0. The number of carbonyl (C=O) groups is 1. The molecule has 5 heteroatoms. The smallest absolute Gasteiger partial charge is 0.291 e. The van der Waals surface area contributed by atoms with Crippen LogP contribution in [0.3, 0.4) is 0 Å². The summed E-state index contributed by atoms with van der Waals surface area (Å²) in [5.74, 6) is -0.0869. The van der Waals surface area contributed by atoms with Gasteiger partial charge in [-0.05, 0) is 49.4 Å². The molecule has 0 saturated heterocycles. The molecule has 1 aromatic heterocycles. The van der Waals surface area contributed by atoms with Crippen LogP contribution in [-0.2, 0) is 0 Å². The van der Waals surface area contributed by atoms with E-state index in [0.29, 0.717) is 21.9 Å². The summed E-state index contributed by atoms with van der Waals surface area (Å²) in [5.41, 5.74) is 2.49. The van der Waals surface area contributed by atoms with Gasteiger partial charge in [-0.2, -0.15) is 5.26 Å². The lowest BCUT2D eigenvalue weighted by atomic mass is 10.1. The number of hydrogen-bond donors (Lipinski definition) is 1. The van der Waals surface area contributed by atoms with Crippen LogP contribution in [0, 0.1) is 18.3 Å². The summed E-state index contributed by atoms with van der Waals surface area (Å²) in [6.07, 6.45) is 0. The number of nitriles is 1. The van der Waals surface area contributed by atoms with Gasteiger partial charge >= 0.3 is 0 Å². The number of benzene rings is 2. The third kappa shape index (κ3) is 2.54. The molecule has 0 spiro atoms. The summed E-state index contributed by atoms with van der Waals surface area (Å²) in [6.45, 7) is 1.82. The quantitative estimate of drug-likeness (QED) is 0.756. The van der Waals surface area contributed by atoms with Crippen LogP contribution in [0.15, 0.2) is 46.9 Å². The van der Waals surface area contributed by atoms with Gasteiger partial charge in [-0.15, -0.1) is 0 Å². The van der Waals surface area contributed by atoms with Crippen molar-refractivity contribution in [3.8, 4) is 6.07 Å². The van der Waals surface area contributed by atoms with Crippen LogP contribution in [0.5, 0.6) is 0 Å². The Morgan fingerprint density at radius 1 is 1.23 bits per heavy atom. The van der Waals surface area contributed by atoms with E-state index in [1.165, 1.54) is 0 Å². The molecule has 1 amide bonds. The van der Waals surface area contributed by atoms with Gasteiger partial charge in [0, 0.05) is 21.7 Å². The van der Waals surface area contributed by atoms with E-state index in [0.717, 1.165) is 10.9 Å². The van der Waals surface area contributed by atoms with Gasteiger partial charge in [0.25, 0.3) is 5.91 Å². The number of nitrogens with zero attached hydrogens (tertiary/aromatic N) is 1. The van der Waals surface area contributed by atoms with Crippen LogP contribution in [0.1, 0.15) is 21.7 Å².